The predicted molar refractivity (Wildman–Crippen MR) is 91.1 cm³/mol. The number of ether oxygens (including phenoxy) is 2. The topological polar surface area (TPSA) is 41.9 Å². The summed E-state index contributed by atoms with van der Waals surface area (Å²) in [6.07, 6.45) is -0.498. The Morgan fingerprint density at radius 2 is 2.09 bits per heavy atom. The lowest BCUT2D eigenvalue weighted by Gasteiger charge is -2.42. The van der Waals surface area contributed by atoms with Gasteiger partial charge in [0, 0.05) is 18.6 Å². The van der Waals surface area contributed by atoms with Crippen LogP contribution in [0.25, 0.3) is 0 Å². The summed E-state index contributed by atoms with van der Waals surface area (Å²) in [5.41, 5.74) is 2.23. The fourth-order valence-electron chi connectivity index (χ4n) is 2.58. The number of aryl methyl sites for hydroxylation is 2. The number of hydrogen-bond donors (Lipinski definition) is 1. The number of nitrogens with zero attached hydrogens (tertiary/aromatic N) is 1. The van der Waals surface area contributed by atoms with Crippen LogP contribution < -0.4 is 4.74 Å². The highest BCUT2D eigenvalue weighted by Gasteiger charge is 2.31. The zero-order chi connectivity index (χ0) is 15.5. The number of rotatable bonds is 5. The third-order valence-electron chi connectivity index (χ3n) is 4.02. The van der Waals surface area contributed by atoms with Crippen molar-refractivity contribution in [3.8, 4) is 5.75 Å². The first-order chi connectivity index (χ1) is 9.88. The van der Waals surface area contributed by atoms with Crippen molar-refractivity contribution in [3.63, 3.8) is 0 Å². The molecular weight excluding hydrogens is 302 g/mol. The van der Waals surface area contributed by atoms with Crippen LogP contribution >= 0.6 is 12.4 Å². The van der Waals surface area contributed by atoms with Crippen molar-refractivity contribution in [2.75, 3.05) is 32.9 Å². The highest BCUT2D eigenvalue weighted by molar-refractivity contribution is 5.85. The average Bonchev–Trinajstić information content (AvgIpc) is 2.42. The number of aliphatic hydroxyl groups is 1. The second-order valence-electron chi connectivity index (χ2n) is 6.54. The summed E-state index contributed by atoms with van der Waals surface area (Å²) >= 11 is 0. The fraction of sp³-hybridized carbons (Fsp3) is 0.647. The van der Waals surface area contributed by atoms with E-state index < -0.39 is 6.10 Å². The third-order valence-corrected chi connectivity index (χ3v) is 4.02. The third kappa shape index (κ3) is 5.13. The van der Waals surface area contributed by atoms with Crippen molar-refractivity contribution in [2.24, 2.45) is 0 Å². The Hall–Kier alpha value is -0.810. The molecule has 1 fully saturated rings. The summed E-state index contributed by atoms with van der Waals surface area (Å²) in [6.45, 7) is 11.6. The first-order valence-corrected chi connectivity index (χ1v) is 7.59. The molecule has 22 heavy (non-hydrogen) atoms. The van der Waals surface area contributed by atoms with Gasteiger partial charge in [-0.15, -0.1) is 12.4 Å². The van der Waals surface area contributed by atoms with Gasteiger partial charge in [0.1, 0.15) is 18.5 Å². The second-order valence-corrected chi connectivity index (χ2v) is 6.54. The van der Waals surface area contributed by atoms with E-state index in [9.17, 15) is 5.11 Å². The monoisotopic (exact) mass is 329 g/mol. The molecule has 2 rings (SSSR count). The number of hydrogen-bond acceptors (Lipinski definition) is 4. The van der Waals surface area contributed by atoms with Crippen LogP contribution in [0.3, 0.4) is 0 Å². The van der Waals surface area contributed by atoms with Crippen LogP contribution in [0.5, 0.6) is 5.75 Å². The van der Waals surface area contributed by atoms with Gasteiger partial charge in [0.25, 0.3) is 0 Å². The zero-order valence-corrected chi connectivity index (χ0v) is 14.8. The molecule has 1 aromatic carbocycles. The van der Waals surface area contributed by atoms with Crippen molar-refractivity contribution < 1.29 is 14.6 Å². The first-order valence-electron chi connectivity index (χ1n) is 7.59. The van der Waals surface area contributed by atoms with Crippen molar-refractivity contribution >= 4 is 12.4 Å². The molecule has 1 heterocycles. The maximum absolute atomic E-state index is 10.2. The maximum atomic E-state index is 10.2. The highest BCUT2D eigenvalue weighted by Crippen LogP contribution is 2.21. The van der Waals surface area contributed by atoms with Crippen LogP contribution in [-0.2, 0) is 4.74 Å². The molecule has 1 aliphatic heterocycles. The lowest BCUT2D eigenvalue weighted by atomic mass is 10.0. The highest BCUT2D eigenvalue weighted by atomic mass is 35.5. The summed E-state index contributed by atoms with van der Waals surface area (Å²) in [5.74, 6) is 0.857. The van der Waals surface area contributed by atoms with Gasteiger partial charge in [-0.2, -0.15) is 0 Å². The molecule has 0 bridgehead atoms. The normalized spacial score (nSPS) is 19.3. The SMILES string of the molecule is Cc1ccc(C)c(OCC(O)CN2CCOCC2(C)C)c1.Cl. The van der Waals surface area contributed by atoms with Gasteiger partial charge in [0.05, 0.1) is 13.2 Å². The van der Waals surface area contributed by atoms with Gasteiger partial charge >= 0.3 is 0 Å². The van der Waals surface area contributed by atoms with E-state index in [4.69, 9.17) is 9.47 Å². The summed E-state index contributed by atoms with van der Waals surface area (Å²) in [7, 11) is 0. The Kier molecular flexibility index (Phi) is 7.13. The molecule has 4 nitrogen and oxygen atoms in total. The molecule has 0 spiro atoms. The Labute approximate surface area is 139 Å². The van der Waals surface area contributed by atoms with Crippen LogP contribution in [0, 0.1) is 13.8 Å². The molecule has 126 valence electrons. The molecule has 1 unspecified atom stereocenters. The quantitative estimate of drug-likeness (QED) is 0.901. The van der Waals surface area contributed by atoms with E-state index in [1.165, 1.54) is 5.56 Å². The van der Waals surface area contributed by atoms with Crippen LogP contribution in [-0.4, -0.2) is 54.6 Å². The van der Waals surface area contributed by atoms with Crippen molar-refractivity contribution in [3.05, 3.63) is 29.3 Å². The van der Waals surface area contributed by atoms with Crippen molar-refractivity contribution in [1.82, 2.24) is 4.90 Å². The molecule has 1 N–H and O–H groups in total. The molecule has 0 radical (unpaired) electrons. The van der Waals surface area contributed by atoms with Gasteiger partial charge in [0.2, 0.25) is 0 Å². The fourth-order valence-corrected chi connectivity index (χ4v) is 2.58. The Balaban J connectivity index is 0.00000242. The number of halogens is 1. The van der Waals surface area contributed by atoms with Crippen LogP contribution in [0.2, 0.25) is 0 Å². The van der Waals surface area contributed by atoms with Crippen molar-refractivity contribution in [2.45, 2.75) is 39.3 Å². The van der Waals surface area contributed by atoms with Gasteiger partial charge in [-0.05, 0) is 44.9 Å². The van der Waals surface area contributed by atoms with Gasteiger partial charge in [-0.3, -0.25) is 4.90 Å². The second kappa shape index (κ2) is 8.16. The minimum absolute atomic E-state index is 0. The van der Waals surface area contributed by atoms with Crippen LogP contribution in [0.15, 0.2) is 18.2 Å². The summed E-state index contributed by atoms with van der Waals surface area (Å²) in [5, 5.41) is 10.2. The van der Waals surface area contributed by atoms with Gasteiger partial charge in [-0.1, -0.05) is 12.1 Å². The standard InChI is InChI=1S/C17H27NO3.ClH/c1-13-5-6-14(2)16(9-13)21-11-15(19)10-18-7-8-20-12-17(18,3)4;/h5-6,9,15,19H,7-8,10-12H2,1-4H3;1H. The molecule has 5 heteroatoms. The van der Waals surface area contributed by atoms with Gasteiger partial charge in [0.15, 0.2) is 0 Å². The molecule has 1 aliphatic rings. The summed E-state index contributed by atoms with van der Waals surface area (Å²) in [4.78, 5) is 2.27. The number of benzene rings is 1. The Bertz CT molecular complexity index is 479. The van der Waals surface area contributed by atoms with E-state index in [0.717, 1.165) is 24.5 Å². The minimum Gasteiger partial charge on any atom is -0.491 e. The summed E-state index contributed by atoms with van der Waals surface area (Å²) < 4.78 is 11.3. The first kappa shape index (κ1) is 19.2. The van der Waals surface area contributed by atoms with E-state index in [2.05, 4.69) is 24.8 Å². The number of β-amino-alcohol motifs (C(OH)–C–C–N with tert-alkyl or cyclic N) is 1. The van der Waals surface area contributed by atoms with E-state index in [1.807, 2.05) is 26.0 Å². The van der Waals surface area contributed by atoms with Crippen molar-refractivity contribution in [1.29, 1.82) is 0 Å². The molecule has 0 saturated carbocycles. The molecule has 0 aromatic heterocycles. The number of aliphatic hydroxyl groups excluding tert-OH is 1. The van der Waals surface area contributed by atoms with Crippen LogP contribution in [0.1, 0.15) is 25.0 Å². The largest absolute Gasteiger partial charge is 0.491 e. The molecule has 1 saturated heterocycles. The lowest BCUT2D eigenvalue weighted by molar-refractivity contribution is -0.0703. The minimum atomic E-state index is -0.498. The lowest BCUT2D eigenvalue weighted by Crippen LogP contribution is -2.55. The molecule has 0 aliphatic carbocycles. The molecule has 0 amide bonds. The van der Waals surface area contributed by atoms with Gasteiger partial charge < -0.3 is 14.6 Å². The summed E-state index contributed by atoms with van der Waals surface area (Å²) in [6, 6.07) is 6.12. The van der Waals surface area contributed by atoms with E-state index in [1.54, 1.807) is 0 Å². The molecule has 1 aromatic rings. The Morgan fingerprint density at radius 3 is 2.77 bits per heavy atom. The zero-order valence-electron chi connectivity index (χ0n) is 14.0. The number of morpholine rings is 1. The smallest absolute Gasteiger partial charge is 0.122 e. The molecule has 1 atom stereocenters. The Morgan fingerprint density at radius 1 is 1.36 bits per heavy atom. The van der Waals surface area contributed by atoms with E-state index in [0.29, 0.717) is 19.8 Å². The average molecular weight is 330 g/mol. The maximum Gasteiger partial charge on any atom is 0.122 e. The molecular formula is C17H28ClNO3. The predicted octanol–water partition coefficient (Wildman–Crippen LogP) is 2.58. The van der Waals surface area contributed by atoms with E-state index >= 15 is 0 Å². The van der Waals surface area contributed by atoms with Gasteiger partial charge in [-0.25, -0.2) is 0 Å². The van der Waals surface area contributed by atoms with E-state index in [-0.39, 0.29) is 17.9 Å². The van der Waals surface area contributed by atoms with Crippen LogP contribution in [0.4, 0.5) is 0 Å².